The summed E-state index contributed by atoms with van der Waals surface area (Å²) in [4.78, 5) is 0. The van der Waals surface area contributed by atoms with E-state index in [9.17, 15) is 5.11 Å². The smallest absolute Gasteiger partial charge is 0.122 e. The summed E-state index contributed by atoms with van der Waals surface area (Å²) in [5, 5.41) is 19.7. The first-order valence-corrected chi connectivity index (χ1v) is 8.06. The molecule has 1 N–H and O–H groups in total. The van der Waals surface area contributed by atoms with E-state index in [1.165, 1.54) is 0 Å². The lowest BCUT2D eigenvalue weighted by Crippen LogP contribution is -2.40. The van der Waals surface area contributed by atoms with E-state index < -0.39 is 5.60 Å². The van der Waals surface area contributed by atoms with E-state index in [1.807, 2.05) is 13.2 Å². The van der Waals surface area contributed by atoms with Crippen molar-refractivity contribution in [2.24, 2.45) is 0 Å². The Labute approximate surface area is 132 Å². The zero-order chi connectivity index (χ0) is 14.8. The minimum atomic E-state index is -1.16. The molecule has 2 atom stereocenters. The number of halogens is 2. The van der Waals surface area contributed by atoms with E-state index in [2.05, 4.69) is 10.3 Å². The topological polar surface area (TPSA) is 50.9 Å². The number of rotatable bonds is 5. The molecule has 2 aromatic rings. The quantitative estimate of drug-likeness (QED) is 0.913. The minimum absolute atomic E-state index is 0.0784. The molecule has 0 aliphatic rings. The van der Waals surface area contributed by atoms with E-state index in [1.54, 1.807) is 47.0 Å². The van der Waals surface area contributed by atoms with Crippen molar-refractivity contribution in [2.45, 2.75) is 24.3 Å². The van der Waals surface area contributed by atoms with Gasteiger partial charge in [0.05, 0.1) is 12.7 Å². The molecule has 108 valence electrons. The van der Waals surface area contributed by atoms with Gasteiger partial charge in [0, 0.05) is 27.1 Å². The third-order valence-electron chi connectivity index (χ3n) is 3.30. The summed E-state index contributed by atoms with van der Waals surface area (Å²) in [6.07, 6.45) is 5.23. The standard InChI is InChI=1S/C13H15Cl2N3OS/c1-9(20-2)13(19,8-18-6-5-16-17-18)11-4-3-10(14)7-12(11)15/h3-7,9,19H,8H2,1-2H3. The molecule has 0 radical (unpaired) electrons. The largest absolute Gasteiger partial charge is 0.382 e. The van der Waals surface area contributed by atoms with Gasteiger partial charge in [-0.1, -0.05) is 41.4 Å². The summed E-state index contributed by atoms with van der Waals surface area (Å²) in [6, 6.07) is 5.12. The predicted molar refractivity (Wildman–Crippen MR) is 83.4 cm³/mol. The van der Waals surface area contributed by atoms with Crippen LogP contribution in [0.5, 0.6) is 0 Å². The molecule has 1 heterocycles. The zero-order valence-electron chi connectivity index (χ0n) is 11.1. The first-order chi connectivity index (χ1) is 9.47. The van der Waals surface area contributed by atoms with Gasteiger partial charge in [-0.3, -0.25) is 0 Å². The van der Waals surface area contributed by atoms with Gasteiger partial charge >= 0.3 is 0 Å². The van der Waals surface area contributed by atoms with Gasteiger partial charge < -0.3 is 5.11 Å². The van der Waals surface area contributed by atoms with Gasteiger partial charge in [0.2, 0.25) is 0 Å². The van der Waals surface area contributed by atoms with Crippen molar-refractivity contribution < 1.29 is 5.11 Å². The van der Waals surface area contributed by atoms with Crippen molar-refractivity contribution in [3.8, 4) is 0 Å². The molecule has 0 amide bonds. The predicted octanol–water partition coefficient (Wildman–Crippen LogP) is 3.22. The number of hydrogen-bond donors (Lipinski definition) is 1. The first kappa shape index (κ1) is 15.6. The van der Waals surface area contributed by atoms with Crippen LogP contribution in [0.2, 0.25) is 10.0 Å². The van der Waals surface area contributed by atoms with E-state index in [0.29, 0.717) is 15.6 Å². The van der Waals surface area contributed by atoms with E-state index in [0.717, 1.165) is 0 Å². The van der Waals surface area contributed by atoms with Crippen LogP contribution >= 0.6 is 35.0 Å². The second kappa shape index (κ2) is 6.35. The Balaban J connectivity index is 2.45. The number of hydrogen-bond acceptors (Lipinski definition) is 4. The second-order valence-electron chi connectivity index (χ2n) is 4.53. The number of thioether (sulfide) groups is 1. The molecule has 0 fully saturated rings. The molecular weight excluding hydrogens is 317 g/mol. The molecule has 0 saturated heterocycles. The molecule has 0 saturated carbocycles. The normalized spacial score (nSPS) is 15.8. The Morgan fingerprint density at radius 1 is 1.45 bits per heavy atom. The summed E-state index contributed by atoms with van der Waals surface area (Å²) < 4.78 is 1.59. The van der Waals surface area contributed by atoms with Crippen molar-refractivity contribution in [3.63, 3.8) is 0 Å². The van der Waals surface area contributed by atoms with Crippen LogP contribution in [0.3, 0.4) is 0 Å². The van der Waals surface area contributed by atoms with Crippen LogP contribution in [0.15, 0.2) is 30.6 Å². The first-order valence-electron chi connectivity index (χ1n) is 6.02. The van der Waals surface area contributed by atoms with Crippen LogP contribution in [0.1, 0.15) is 12.5 Å². The van der Waals surface area contributed by atoms with Crippen molar-refractivity contribution in [1.82, 2.24) is 15.0 Å². The van der Waals surface area contributed by atoms with Gasteiger partial charge in [-0.05, 0) is 18.4 Å². The van der Waals surface area contributed by atoms with Crippen LogP contribution in [-0.2, 0) is 12.1 Å². The van der Waals surface area contributed by atoms with Crippen LogP contribution < -0.4 is 0 Å². The number of nitrogens with zero attached hydrogens (tertiary/aromatic N) is 3. The van der Waals surface area contributed by atoms with Gasteiger partial charge in [0.15, 0.2) is 0 Å². The fraction of sp³-hybridized carbons (Fsp3) is 0.385. The highest BCUT2D eigenvalue weighted by atomic mass is 35.5. The summed E-state index contributed by atoms with van der Waals surface area (Å²) >= 11 is 13.7. The Morgan fingerprint density at radius 3 is 2.75 bits per heavy atom. The van der Waals surface area contributed by atoms with Gasteiger partial charge in [-0.25, -0.2) is 4.68 Å². The highest BCUT2D eigenvalue weighted by Gasteiger charge is 2.38. The van der Waals surface area contributed by atoms with Gasteiger partial charge in [0.1, 0.15) is 5.60 Å². The second-order valence-corrected chi connectivity index (χ2v) is 6.55. The van der Waals surface area contributed by atoms with Gasteiger partial charge in [-0.2, -0.15) is 11.8 Å². The Morgan fingerprint density at radius 2 is 2.20 bits per heavy atom. The average Bonchev–Trinajstić information content (AvgIpc) is 2.90. The summed E-state index contributed by atoms with van der Waals surface area (Å²) in [7, 11) is 0. The molecule has 2 rings (SSSR count). The van der Waals surface area contributed by atoms with Crippen LogP contribution in [0.25, 0.3) is 0 Å². The lowest BCUT2D eigenvalue weighted by atomic mass is 9.90. The molecule has 0 bridgehead atoms. The van der Waals surface area contributed by atoms with Gasteiger partial charge in [-0.15, -0.1) is 5.10 Å². The minimum Gasteiger partial charge on any atom is -0.382 e. The van der Waals surface area contributed by atoms with Crippen LogP contribution in [0.4, 0.5) is 0 Å². The molecule has 1 aromatic heterocycles. The average molecular weight is 332 g/mol. The molecule has 2 unspecified atom stereocenters. The van der Waals surface area contributed by atoms with Gasteiger partial charge in [0.25, 0.3) is 0 Å². The molecule has 4 nitrogen and oxygen atoms in total. The maximum atomic E-state index is 11.2. The van der Waals surface area contributed by atoms with Crippen molar-refractivity contribution in [2.75, 3.05) is 6.26 Å². The molecule has 0 aliphatic carbocycles. The highest BCUT2D eigenvalue weighted by molar-refractivity contribution is 7.99. The van der Waals surface area contributed by atoms with Crippen LogP contribution in [0, 0.1) is 0 Å². The van der Waals surface area contributed by atoms with E-state index in [-0.39, 0.29) is 11.8 Å². The Bertz CT molecular complexity index is 579. The number of benzene rings is 1. The maximum Gasteiger partial charge on any atom is 0.122 e. The molecule has 20 heavy (non-hydrogen) atoms. The Kier molecular flexibility index (Phi) is 4.96. The molecule has 0 spiro atoms. The lowest BCUT2D eigenvalue weighted by Gasteiger charge is -2.34. The van der Waals surface area contributed by atoms with Crippen LogP contribution in [-0.4, -0.2) is 31.6 Å². The Hall–Kier alpha value is -0.750. The molecule has 1 aromatic carbocycles. The molecule has 7 heteroatoms. The third-order valence-corrected chi connectivity index (χ3v) is 4.94. The van der Waals surface area contributed by atoms with Crippen molar-refractivity contribution in [3.05, 3.63) is 46.2 Å². The number of aromatic nitrogens is 3. The maximum absolute atomic E-state index is 11.2. The zero-order valence-corrected chi connectivity index (χ0v) is 13.5. The van der Waals surface area contributed by atoms with E-state index in [4.69, 9.17) is 23.2 Å². The molecule has 0 aliphatic heterocycles. The molecular formula is C13H15Cl2N3OS. The number of aliphatic hydroxyl groups is 1. The third kappa shape index (κ3) is 3.11. The van der Waals surface area contributed by atoms with E-state index >= 15 is 0 Å². The fourth-order valence-corrected chi connectivity index (χ4v) is 3.20. The monoisotopic (exact) mass is 331 g/mol. The highest BCUT2D eigenvalue weighted by Crippen LogP contribution is 2.38. The lowest BCUT2D eigenvalue weighted by molar-refractivity contribution is 0.0165. The summed E-state index contributed by atoms with van der Waals surface area (Å²) in [6.45, 7) is 2.23. The van der Waals surface area contributed by atoms with Crippen molar-refractivity contribution in [1.29, 1.82) is 0 Å². The van der Waals surface area contributed by atoms with Crippen molar-refractivity contribution >= 4 is 35.0 Å². The summed E-state index contributed by atoms with van der Waals surface area (Å²) in [5.74, 6) is 0. The SMILES string of the molecule is CSC(C)C(O)(Cn1ccnn1)c1ccc(Cl)cc1Cl. The summed E-state index contributed by atoms with van der Waals surface area (Å²) in [5.41, 5.74) is -0.518. The fourth-order valence-electron chi connectivity index (χ4n) is 2.03.